The van der Waals surface area contributed by atoms with E-state index in [4.69, 9.17) is 5.84 Å². The quantitative estimate of drug-likeness (QED) is 0.634. The lowest BCUT2D eigenvalue weighted by Crippen LogP contribution is -2.34. The predicted molar refractivity (Wildman–Crippen MR) is 78.9 cm³/mol. The third-order valence-electron chi connectivity index (χ3n) is 4.64. The van der Waals surface area contributed by atoms with Gasteiger partial charge in [-0.25, -0.2) is 10.8 Å². The van der Waals surface area contributed by atoms with Crippen LogP contribution >= 0.6 is 0 Å². The first-order valence-corrected chi connectivity index (χ1v) is 7.10. The number of fused-ring (bicyclic) bond motifs is 2. The summed E-state index contributed by atoms with van der Waals surface area (Å²) in [5.41, 5.74) is 4.72. The Hall–Kier alpha value is -1.29. The van der Waals surface area contributed by atoms with Crippen LogP contribution in [0.2, 0.25) is 0 Å². The molecule has 1 aromatic heterocycles. The number of nitrogens with one attached hydrogen (secondary N) is 1. The van der Waals surface area contributed by atoms with Crippen molar-refractivity contribution in [3.63, 3.8) is 0 Å². The van der Waals surface area contributed by atoms with Gasteiger partial charge in [0.05, 0.1) is 11.9 Å². The van der Waals surface area contributed by atoms with Gasteiger partial charge in [-0.3, -0.25) is 0 Å². The van der Waals surface area contributed by atoms with E-state index in [2.05, 4.69) is 42.1 Å². The molecule has 1 aliphatic carbocycles. The van der Waals surface area contributed by atoms with E-state index >= 15 is 0 Å². The molecule has 2 aliphatic rings. The Bertz CT molecular complexity index is 468. The second-order valence-electron chi connectivity index (χ2n) is 7.39. The minimum Gasteiger partial charge on any atom is -0.367 e. The first-order chi connectivity index (χ1) is 8.91. The molecular weight excluding hydrogens is 236 g/mol. The van der Waals surface area contributed by atoms with Crippen LogP contribution in [0.1, 0.15) is 40.0 Å². The number of rotatable bonds is 2. The normalized spacial score (nSPS) is 32.4. The predicted octanol–water partition coefficient (Wildman–Crippen LogP) is 2.77. The maximum absolute atomic E-state index is 5.37. The molecule has 104 valence electrons. The Kier molecular flexibility index (Phi) is 2.75. The van der Waals surface area contributed by atoms with Crippen molar-refractivity contribution in [1.82, 2.24) is 4.98 Å². The van der Waals surface area contributed by atoms with E-state index in [0.29, 0.717) is 16.9 Å². The zero-order valence-corrected chi connectivity index (χ0v) is 12.1. The molecule has 0 amide bonds. The molecule has 1 saturated carbocycles. The molecule has 4 nitrogen and oxygen atoms in total. The average Bonchev–Trinajstić information content (AvgIpc) is 2.59. The fourth-order valence-corrected chi connectivity index (χ4v) is 4.40. The van der Waals surface area contributed by atoms with E-state index in [1.807, 2.05) is 12.3 Å². The summed E-state index contributed by atoms with van der Waals surface area (Å²) in [5.74, 6) is 6.09. The molecule has 0 aromatic carbocycles. The Morgan fingerprint density at radius 3 is 2.74 bits per heavy atom. The second kappa shape index (κ2) is 4.10. The molecule has 0 spiro atoms. The molecule has 2 fully saturated rings. The maximum atomic E-state index is 5.37. The van der Waals surface area contributed by atoms with E-state index in [1.165, 1.54) is 24.9 Å². The van der Waals surface area contributed by atoms with E-state index < -0.39 is 0 Å². The topological polar surface area (TPSA) is 54.2 Å². The summed E-state index contributed by atoms with van der Waals surface area (Å²) in [7, 11) is 0. The summed E-state index contributed by atoms with van der Waals surface area (Å²) in [6.45, 7) is 8.39. The Morgan fingerprint density at radius 1 is 1.32 bits per heavy atom. The molecule has 3 N–H and O–H groups in total. The largest absolute Gasteiger partial charge is 0.367 e. The van der Waals surface area contributed by atoms with Crippen LogP contribution in [0.4, 0.5) is 11.5 Å². The van der Waals surface area contributed by atoms with Crippen molar-refractivity contribution in [2.45, 2.75) is 46.1 Å². The van der Waals surface area contributed by atoms with Crippen LogP contribution < -0.4 is 16.2 Å². The van der Waals surface area contributed by atoms with Crippen LogP contribution in [0.3, 0.4) is 0 Å². The third kappa shape index (κ3) is 2.29. The van der Waals surface area contributed by atoms with Gasteiger partial charge >= 0.3 is 0 Å². The van der Waals surface area contributed by atoms with Gasteiger partial charge in [-0.1, -0.05) is 20.8 Å². The number of nitrogens with two attached hydrogens (primary N) is 1. The molecule has 1 aromatic rings. The van der Waals surface area contributed by atoms with Gasteiger partial charge in [0.1, 0.15) is 5.82 Å². The van der Waals surface area contributed by atoms with Gasteiger partial charge in [0, 0.05) is 12.6 Å². The number of hydrogen-bond donors (Lipinski definition) is 2. The molecule has 2 atom stereocenters. The average molecular weight is 260 g/mol. The SMILES string of the molecule is CC1(C)CC2CC(C)(CN2c2ccc(NN)nc2)C1. The molecule has 3 rings (SSSR count). The van der Waals surface area contributed by atoms with Crippen LogP contribution in [-0.2, 0) is 0 Å². The van der Waals surface area contributed by atoms with Gasteiger partial charge in [0.2, 0.25) is 0 Å². The number of aromatic nitrogens is 1. The highest BCUT2D eigenvalue weighted by atomic mass is 15.3. The number of hydrogen-bond acceptors (Lipinski definition) is 4. The second-order valence-corrected chi connectivity index (χ2v) is 7.39. The molecule has 19 heavy (non-hydrogen) atoms. The van der Waals surface area contributed by atoms with Gasteiger partial charge in [0.25, 0.3) is 0 Å². The Labute approximate surface area is 115 Å². The highest BCUT2D eigenvalue weighted by Gasteiger charge is 2.49. The van der Waals surface area contributed by atoms with Gasteiger partial charge < -0.3 is 10.3 Å². The minimum absolute atomic E-state index is 0.456. The Balaban J connectivity index is 1.86. The molecule has 1 aliphatic heterocycles. The van der Waals surface area contributed by atoms with Crippen molar-refractivity contribution >= 4 is 11.5 Å². The summed E-state index contributed by atoms with van der Waals surface area (Å²) in [6.07, 6.45) is 5.85. The Morgan fingerprint density at radius 2 is 2.11 bits per heavy atom. The lowest BCUT2D eigenvalue weighted by atomic mass is 9.65. The summed E-state index contributed by atoms with van der Waals surface area (Å²) in [6, 6.07) is 4.73. The van der Waals surface area contributed by atoms with Crippen LogP contribution in [-0.4, -0.2) is 17.6 Å². The van der Waals surface area contributed by atoms with Crippen LogP contribution in [0.15, 0.2) is 18.3 Å². The molecule has 2 heterocycles. The van der Waals surface area contributed by atoms with Crippen LogP contribution in [0.25, 0.3) is 0 Å². The van der Waals surface area contributed by atoms with Crippen molar-refractivity contribution < 1.29 is 0 Å². The van der Waals surface area contributed by atoms with Crippen LogP contribution in [0, 0.1) is 10.8 Å². The number of pyridine rings is 1. The van der Waals surface area contributed by atoms with E-state index in [0.717, 1.165) is 12.4 Å². The van der Waals surface area contributed by atoms with E-state index in [9.17, 15) is 0 Å². The summed E-state index contributed by atoms with van der Waals surface area (Å²) < 4.78 is 0. The van der Waals surface area contributed by atoms with Crippen LogP contribution in [0.5, 0.6) is 0 Å². The lowest BCUT2D eigenvalue weighted by Gasteiger charge is -2.39. The zero-order chi connectivity index (χ0) is 13.7. The summed E-state index contributed by atoms with van der Waals surface area (Å²) in [5, 5.41) is 0. The number of hydrazine groups is 1. The smallest absolute Gasteiger partial charge is 0.140 e. The van der Waals surface area contributed by atoms with Crippen molar-refractivity contribution in [3.05, 3.63) is 18.3 Å². The van der Waals surface area contributed by atoms with Crippen molar-refractivity contribution in [2.24, 2.45) is 16.7 Å². The lowest BCUT2D eigenvalue weighted by molar-refractivity contribution is 0.136. The molecule has 1 saturated heterocycles. The fraction of sp³-hybridized carbons (Fsp3) is 0.667. The number of anilines is 2. The highest BCUT2D eigenvalue weighted by molar-refractivity contribution is 5.51. The molecule has 4 heteroatoms. The van der Waals surface area contributed by atoms with Crippen molar-refractivity contribution in [2.75, 3.05) is 16.9 Å². The monoisotopic (exact) mass is 260 g/mol. The minimum atomic E-state index is 0.456. The summed E-state index contributed by atoms with van der Waals surface area (Å²) >= 11 is 0. The molecular formula is C15H24N4. The fourth-order valence-electron chi connectivity index (χ4n) is 4.40. The third-order valence-corrected chi connectivity index (χ3v) is 4.64. The van der Waals surface area contributed by atoms with Gasteiger partial charge in [-0.05, 0) is 42.2 Å². The maximum Gasteiger partial charge on any atom is 0.140 e. The van der Waals surface area contributed by atoms with Gasteiger partial charge in [-0.2, -0.15) is 0 Å². The van der Waals surface area contributed by atoms with Crippen molar-refractivity contribution in [1.29, 1.82) is 0 Å². The highest BCUT2D eigenvalue weighted by Crippen LogP contribution is 2.53. The van der Waals surface area contributed by atoms with E-state index in [-0.39, 0.29) is 0 Å². The van der Waals surface area contributed by atoms with Gasteiger partial charge in [-0.15, -0.1) is 0 Å². The summed E-state index contributed by atoms with van der Waals surface area (Å²) in [4.78, 5) is 6.88. The zero-order valence-electron chi connectivity index (χ0n) is 12.1. The molecule has 0 radical (unpaired) electrons. The first-order valence-electron chi connectivity index (χ1n) is 7.10. The number of nitrogens with zero attached hydrogens (tertiary/aromatic N) is 2. The van der Waals surface area contributed by atoms with Crippen molar-refractivity contribution in [3.8, 4) is 0 Å². The number of nitrogen functional groups attached to an aromatic ring is 1. The standard InChI is InChI=1S/C15H24N4/c1-14(2)6-12-7-15(3,9-14)10-19(12)11-4-5-13(18-16)17-8-11/h4-5,8,12H,6-7,9-10,16H2,1-3H3,(H,17,18). The first kappa shape index (κ1) is 12.7. The molecule has 2 unspecified atom stereocenters. The van der Waals surface area contributed by atoms with E-state index in [1.54, 1.807) is 0 Å². The molecule has 2 bridgehead atoms. The van der Waals surface area contributed by atoms with Gasteiger partial charge in [0.15, 0.2) is 0 Å².